The molecule has 0 spiro atoms. The Morgan fingerprint density at radius 2 is 1.97 bits per heavy atom. The van der Waals surface area contributed by atoms with Gasteiger partial charge in [-0.2, -0.15) is 5.10 Å². The van der Waals surface area contributed by atoms with E-state index in [1.807, 2.05) is 7.05 Å². The third-order valence-electron chi connectivity index (χ3n) is 7.40. The molecule has 35 heavy (non-hydrogen) atoms. The van der Waals surface area contributed by atoms with Gasteiger partial charge in [-0.3, -0.25) is 14.5 Å². The lowest BCUT2D eigenvalue weighted by atomic mass is 9.89. The summed E-state index contributed by atoms with van der Waals surface area (Å²) in [5.74, 6) is 1.28. The number of nitrogens with one attached hydrogen (secondary N) is 1. The third-order valence-corrected chi connectivity index (χ3v) is 7.40. The molecule has 0 amide bonds. The summed E-state index contributed by atoms with van der Waals surface area (Å²) in [4.78, 5) is 25.9. The smallest absolute Gasteiger partial charge is 0.278 e. The van der Waals surface area contributed by atoms with Crippen LogP contribution in [0.3, 0.4) is 0 Å². The number of nitrogens with zero attached hydrogens (tertiary/aromatic N) is 5. The van der Waals surface area contributed by atoms with Crippen LogP contribution in [0.2, 0.25) is 0 Å². The molecule has 0 radical (unpaired) electrons. The summed E-state index contributed by atoms with van der Waals surface area (Å²) in [6.45, 7) is 7.13. The number of fused-ring (bicyclic) bond motifs is 1. The molecule has 3 heterocycles. The van der Waals surface area contributed by atoms with E-state index in [1.165, 1.54) is 43.4 Å². The van der Waals surface area contributed by atoms with Crippen molar-refractivity contribution in [3.63, 3.8) is 0 Å². The van der Waals surface area contributed by atoms with Crippen LogP contribution in [-0.2, 0) is 24.8 Å². The molecule has 1 aliphatic carbocycles. The number of H-pyrrole nitrogens is 1. The molecule has 8 heteroatoms. The lowest BCUT2D eigenvalue weighted by Gasteiger charge is -2.31. The van der Waals surface area contributed by atoms with Crippen molar-refractivity contribution in [3.05, 3.63) is 45.9 Å². The first kappa shape index (κ1) is 23.9. The van der Waals surface area contributed by atoms with E-state index in [2.05, 4.69) is 51.1 Å². The molecule has 1 aromatic carbocycles. The Morgan fingerprint density at radius 3 is 2.74 bits per heavy atom. The van der Waals surface area contributed by atoms with Crippen molar-refractivity contribution < 1.29 is 4.74 Å². The molecule has 1 saturated heterocycles. The summed E-state index contributed by atoms with van der Waals surface area (Å²) in [7, 11) is 1.83. The molecule has 5 rings (SSSR count). The van der Waals surface area contributed by atoms with Crippen LogP contribution < -0.4 is 15.4 Å². The highest BCUT2D eigenvalue weighted by atomic mass is 16.5. The highest BCUT2D eigenvalue weighted by Gasteiger charge is 2.22. The number of hydrogen-bond acceptors (Lipinski definition) is 6. The van der Waals surface area contributed by atoms with E-state index in [4.69, 9.17) is 9.72 Å². The number of aryl methyl sites for hydroxylation is 2. The molecule has 3 aromatic rings. The van der Waals surface area contributed by atoms with Crippen molar-refractivity contribution in [2.24, 2.45) is 13.0 Å². The zero-order valence-corrected chi connectivity index (χ0v) is 21.1. The van der Waals surface area contributed by atoms with Crippen LogP contribution in [0.25, 0.3) is 11.0 Å². The summed E-state index contributed by atoms with van der Waals surface area (Å²) in [6.07, 6.45) is 8.17. The van der Waals surface area contributed by atoms with Gasteiger partial charge in [0, 0.05) is 38.9 Å². The Hall–Kier alpha value is -2.87. The first-order valence-corrected chi connectivity index (χ1v) is 13.2. The number of rotatable bonds is 8. The normalized spacial score (nSPS) is 17.3. The minimum absolute atomic E-state index is 0.113. The number of anilines is 2. The molecule has 1 saturated carbocycles. The van der Waals surface area contributed by atoms with Gasteiger partial charge in [0.1, 0.15) is 5.52 Å². The number of hydrogen-bond donors (Lipinski definition) is 1. The fourth-order valence-corrected chi connectivity index (χ4v) is 5.59. The summed E-state index contributed by atoms with van der Waals surface area (Å²) in [5.41, 5.74) is 4.56. The van der Waals surface area contributed by atoms with E-state index in [-0.39, 0.29) is 5.56 Å². The van der Waals surface area contributed by atoms with E-state index >= 15 is 0 Å². The second-order valence-electron chi connectivity index (χ2n) is 10.1. The molecule has 0 unspecified atom stereocenters. The summed E-state index contributed by atoms with van der Waals surface area (Å²) >= 11 is 0. The first-order chi connectivity index (χ1) is 17.1. The van der Waals surface area contributed by atoms with Gasteiger partial charge < -0.3 is 14.5 Å². The number of benzene rings is 1. The SMILES string of the molecule is CCCc1nn(C)c2c(=O)[nH]c(N(Cc3cccc(N4CCOCC4)c3)CC3CCCCC3)nc12. The fourth-order valence-electron chi connectivity index (χ4n) is 5.59. The summed E-state index contributed by atoms with van der Waals surface area (Å²) in [5, 5.41) is 4.60. The van der Waals surface area contributed by atoms with Crippen LogP contribution >= 0.6 is 0 Å². The molecular weight excluding hydrogens is 440 g/mol. The average Bonchev–Trinajstić information content (AvgIpc) is 3.20. The molecule has 8 nitrogen and oxygen atoms in total. The Kier molecular flexibility index (Phi) is 7.37. The number of aromatic amines is 1. The molecule has 2 aromatic heterocycles. The maximum absolute atomic E-state index is 13.1. The number of ether oxygens (including phenoxy) is 1. The van der Waals surface area contributed by atoms with Gasteiger partial charge in [-0.1, -0.05) is 44.7 Å². The monoisotopic (exact) mass is 478 g/mol. The molecule has 1 aliphatic heterocycles. The van der Waals surface area contributed by atoms with Crippen LogP contribution in [-0.4, -0.2) is 52.6 Å². The molecule has 0 atom stereocenters. The van der Waals surface area contributed by atoms with Gasteiger partial charge in [-0.15, -0.1) is 0 Å². The molecule has 0 bridgehead atoms. The van der Waals surface area contributed by atoms with E-state index in [9.17, 15) is 4.79 Å². The number of aromatic nitrogens is 4. The first-order valence-electron chi connectivity index (χ1n) is 13.2. The Bertz CT molecular complexity index is 1190. The van der Waals surface area contributed by atoms with Crippen LogP contribution in [0, 0.1) is 5.92 Å². The summed E-state index contributed by atoms with van der Waals surface area (Å²) in [6, 6.07) is 8.78. The van der Waals surface area contributed by atoms with Crippen molar-refractivity contribution in [2.45, 2.75) is 58.4 Å². The van der Waals surface area contributed by atoms with Crippen molar-refractivity contribution in [1.29, 1.82) is 0 Å². The van der Waals surface area contributed by atoms with E-state index in [0.29, 0.717) is 23.9 Å². The highest BCUT2D eigenvalue weighted by Crippen LogP contribution is 2.28. The van der Waals surface area contributed by atoms with Gasteiger partial charge in [-0.25, -0.2) is 4.98 Å². The number of morpholine rings is 1. The molecule has 1 N–H and O–H groups in total. The molecule has 2 aliphatic rings. The quantitative estimate of drug-likeness (QED) is 0.527. The van der Waals surface area contributed by atoms with Crippen LogP contribution in [0.1, 0.15) is 56.7 Å². The fraction of sp³-hybridized carbons (Fsp3) is 0.593. The van der Waals surface area contributed by atoms with Crippen molar-refractivity contribution >= 4 is 22.7 Å². The zero-order chi connectivity index (χ0) is 24.2. The standard InChI is InChI=1S/C27H38N6O2/c1-3-8-23-24-25(31(2)30-23)26(34)29-27(28-24)33(18-20-9-5-4-6-10-20)19-21-11-7-12-22(17-21)32-13-15-35-16-14-32/h7,11-12,17,20H,3-6,8-10,13-16,18-19H2,1-2H3,(H,28,29,34). The Morgan fingerprint density at radius 1 is 1.17 bits per heavy atom. The maximum atomic E-state index is 13.1. The topological polar surface area (TPSA) is 79.3 Å². The predicted octanol–water partition coefficient (Wildman–Crippen LogP) is 4.03. The minimum Gasteiger partial charge on any atom is -0.378 e. The van der Waals surface area contributed by atoms with Gasteiger partial charge in [0.05, 0.1) is 18.9 Å². The zero-order valence-electron chi connectivity index (χ0n) is 21.1. The average molecular weight is 479 g/mol. The van der Waals surface area contributed by atoms with Gasteiger partial charge in [-0.05, 0) is 42.9 Å². The van der Waals surface area contributed by atoms with Gasteiger partial charge in [0.2, 0.25) is 5.95 Å². The van der Waals surface area contributed by atoms with Crippen molar-refractivity contribution in [2.75, 3.05) is 42.6 Å². The predicted molar refractivity (Wildman–Crippen MR) is 140 cm³/mol. The second kappa shape index (κ2) is 10.8. The van der Waals surface area contributed by atoms with Gasteiger partial charge in [0.25, 0.3) is 5.56 Å². The molecule has 188 valence electrons. The van der Waals surface area contributed by atoms with E-state index in [1.54, 1.807) is 4.68 Å². The van der Waals surface area contributed by atoms with Crippen LogP contribution in [0.4, 0.5) is 11.6 Å². The Labute approximate surface area is 207 Å². The minimum atomic E-state index is -0.113. The molecule has 2 fully saturated rings. The van der Waals surface area contributed by atoms with Crippen molar-refractivity contribution in [1.82, 2.24) is 19.7 Å². The molecular formula is C27H38N6O2. The summed E-state index contributed by atoms with van der Waals surface area (Å²) < 4.78 is 7.21. The third kappa shape index (κ3) is 5.37. The van der Waals surface area contributed by atoms with Gasteiger partial charge >= 0.3 is 0 Å². The largest absolute Gasteiger partial charge is 0.378 e. The van der Waals surface area contributed by atoms with E-state index in [0.717, 1.165) is 56.9 Å². The van der Waals surface area contributed by atoms with Crippen LogP contribution in [0.5, 0.6) is 0 Å². The van der Waals surface area contributed by atoms with Gasteiger partial charge in [0.15, 0.2) is 5.52 Å². The maximum Gasteiger partial charge on any atom is 0.278 e. The highest BCUT2D eigenvalue weighted by molar-refractivity contribution is 5.77. The lowest BCUT2D eigenvalue weighted by Crippen LogP contribution is -2.36. The van der Waals surface area contributed by atoms with Crippen LogP contribution in [0.15, 0.2) is 29.1 Å². The second-order valence-corrected chi connectivity index (χ2v) is 10.1. The lowest BCUT2D eigenvalue weighted by molar-refractivity contribution is 0.122. The van der Waals surface area contributed by atoms with E-state index < -0.39 is 0 Å². The Balaban J connectivity index is 1.48. The van der Waals surface area contributed by atoms with Crippen molar-refractivity contribution in [3.8, 4) is 0 Å².